The zero-order valence-electron chi connectivity index (χ0n) is 27.8. The fraction of sp³-hybridized carbons (Fsp3) is 0.297. The summed E-state index contributed by atoms with van der Waals surface area (Å²) in [6.07, 6.45) is 0. The van der Waals surface area contributed by atoms with Crippen LogP contribution in [0.2, 0.25) is 0 Å². The summed E-state index contributed by atoms with van der Waals surface area (Å²) in [7, 11) is 0. The number of anilines is 1. The average molecular weight is 703 g/mol. The molecule has 0 radical (unpaired) electrons. The van der Waals surface area contributed by atoms with Crippen LogP contribution < -0.4 is 4.90 Å². The Kier molecular flexibility index (Phi) is 11.6. The Balaban J connectivity index is 1.72. The van der Waals surface area contributed by atoms with Crippen LogP contribution in [0.3, 0.4) is 0 Å². The van der Waals surface area contributed by atoms with Crippen molar-refractivity contribution in [3.8, 4) is 0 Å². The lowest BCUT2D eigenvalue weighted by molar-refractivity contribution is -0.118. The Morgan fingerprint density at radius 2 is 1.18 bits per heavy atom. The van der Waals surface area contributed by atoms with Crippen molar-refractivity contribution in [3.05, 3.63) is 130 Å². The van der Waals surface area contributed by atoms with E-state index < -0.39 is 63.7 Å². The zero-order valence-corrected chi connectivity index (χ0v) is 28.7. The van der Waals surface area contributed by atoms with Crippen LogP contribution in [0, 0.1) is 36.0 Å². The maximum Gasteiger partial charge on any atom is 0.338 e. The summed E-state index contributed by atoms with van der Waals surface area (Å²) in [5.41, 5.74) is 0.755. The second-order valence-electron chi connectivity index (χ2n) is 13.0. The molecule has 0 aliphatic rings. The van der Waals surface area contributed by atoms with E-state index in [0.717, 1.165) is 5.56 Å². The monoisotopic (exact) mass is 702 g/mol. The lowest BCUT2D eigenvalue weighted by atomic mass is 9.99. The number of esters is 1. The number of nitrogens with zero attached hydrogens (tertiary/aromatic N) is 2. The van der Waals surface area contributed by atoms with Crippen LogP contribution in [0.1, 0.15) is 67.2 Å². The van der Waals surface area contributed by atoms with Crippen LogP contribution >= 0.6 is 11.9 Å². The van der Waals surface area contributed by atoms with E-state index in [4.69, 9.17) is 4.74 Å². The molecule has 1 amide bonds. The molecule has 0 saturated carbocycles. The third-order valence-electron chi connectivity index (χ3n) is 7.28. The number of halogens is 6. The van der Waals surface area contributed by atoms with Crippen LogP contribution in [-0.4, -0.2) is 28.3 Å². The van der Waals surface area contributed by atoms with Crippen molar-refractivity contribution >= 4 is 29.5 Å². The van der Waals surface area contributed by atoms with Crippen molar-refractivity contribution in [3.63, 3.8) is 0 Å². The molecule has 0 spiro atoms. The van der Waals surface area contributed by atoms with Crippen molar-refractivity contribution in [2.75, 3.05) is 11.4 Å². The minimum Gasteiger partial charge on any atom is -0.456 e. The molecule has 0 aliphatic heterocycles. The molecular formula is C37H36F6N2O3S. The van der Waals surface area contributed by atoms with E-state index in [0.29, 0.717) is 22.4 Å². The Morgan fingerprint density at radius 3 is 1.69 bits per heavy atom. The molecule has 0 fully saturated rings. The van der Waals surface area contributed by atoms with Gasteiger partial charge in [0.2, 0.25) is 11.7 Å². The number of carbonyl (C=O) groups is 2. The van der Waals surface area contributed by atoms with E-state index in [2.05, 4.69) is 0 Å². The minimum absolute atomic E-state index is 0.0385. The molecule has 0 atom stereocenters. The van der Waals surface area contributed by atoms with E-state index in [9.17, 15) is 35.9 Å². The van der Waals surface area contributed by atoms with E-state index in [1.54, 1.807) is 69.3 Å². The van der Waals surface area contributed by atoms with Gasteiger partial charge >= 0.3 is 5.97 Å². The molecule has 4 aromatic carbocycles. The van der Waals surface area contributed by atoms with Crippen LogP contribution in [0.15, 0.2) is 77.7 Å². The van der Waals surface area contributed by atoms with Gasteiger partial charge in [-0.25, -0.2) is 35.4 Å². The number of ether oxygens (including phenoxy) is 1. The van der Waals surface area contributed by atoms with Crippen LogP contribution in [0.4, 0.5) is 32.0 Å². The molecule has 0 saturated heterocycles. The van der Waals surface area contributed by atoms with Gasteiger partial charge in [-0.2, -0.15) is 0 Å². The van der Waals surface area contributed by atoms with Crippen molar-refractivity contribution in [2.45, 2.75) is 70.8 Å². The van der Waals surface area contributed by atoms with E-state index in [1.165, 1.54) is 47.3 Å². The summed E-state index contributed by atoms with van der Waals surface area (Å²) in [5, 5.41) is 0. The first-order valence-electron chi connectivity index (χ1n) is 15.3. The number of rotatable bonds is 11. The van der Waals surface area contributed by atoms with Gasteiger partial charge in [0.25, 0.3) is 0 Å². The fourth-order valence-corrected chi connectivity index (χ4v) is 5.66. The van der Waals surface area contributed by atoms with E-state index in [-0.39, 0.29) is 30.6 Å². The van der Waals surface area contributed by atoms with Gasteiger partial charge in [-0.05, 0) is 94.4 Å². The average Bonchev–Trinajstić information content (AvgIpc) is 3.03. The van der Waals surface area contributed by atoms with Crippen molar-refractivity contribution < 1.29 is 40.7 Å². The molecule has 0 aromatic heterocycles. The maximum absolute atomic E-state index is 14.8. The molecule has 12 heteroatoms. The smallest absolute Gasteiger partial charge is 0.338 e. The van der Waals surface area contributed by atoms with Crippen LogP contribution in [-0.2, 0) is 28.3 Å². The zero-order chi connectivity index (χ0) is 36.3. The number of alkyl halides is 1. The third kappa shape index (κ3) is 9.66. The lowest BCUT2D eigenvalue weighted by Gasteiger charge is -2.28. The van der Waals surface area contributed by atoms with E-state index in [1.807, 2.05) is 6.92 Å². The molecule has 0 heterocycles. The standard InChI is InChI=1S/C37H36F6N2O3S/c1-22-7-9-23(10-8-22)19-44(49-34-32(41)30(39)29(38)31(40)33(34)42)21-28(46)45(20-24-11-15-26(16-12-24)37(5,6)43)27-17-13-25(14-18-27)35(47)48-36(2,3)4/h7-18H,19-21H2,1-6H3. The Morgan fingerprint density at radius 1 is 0.694 bits per heavy atom. The number of benzene rings is 4. The fourth-order valence-electron chi connectivity index (χ4n) is 4.67. The van der Waals surface area contributed by atoms with Crippen molar-refractivity contribution in [2.24, 2.45) is 0 Å². The summed E-state index contributed by atoms with van der Waals surface area (Å²) in [5.74, 6) is -11.7. The minimum atomic E-state index is -2.29. The molecule has 0 aliphatic carbocycles. The molecule has 0 unspecified atom stereocenters. The topological polar surface area (TPSA) is 49.9 Å². The Hall–Kier alpha value is -4.29. The quantitative estimate of drug-likeness (QED) is 0.0513. The number of amides is 1. The van der Waals surface area contributed by atoms with Crippen LogP contribution in [0.5, 0.6) is 0 Å². The first-order chi connectivity index (χ1) is 22.8. The van der Waals surface area contributed by atoms with Gasteiger partial charge in [-0.1, -0.05) is 54.1 Å². The SMILES string of the molecule is Cc1ccc(CN(CC(=O)N(Cc2ccc(C(C)(C)F)cc2)c2ccc(C(=O)OC(C)(C)C)cc2)Sc2c(F)c(F)c(F)c(F)c2F)cc1. The predicted molar refractivity (Wildman–Crippen MR) is 177 cm³/mol. The molecular weight excluding hydrogens is 666 g/mol. The third-order valence-corrected chi connectivity index (χ3v) is 8.33. The largest absolute Gasteiger partial charge is 0.456 e. The Labute approximate surface area is 286 Å². The van der Waals surface area contributed by atoms with Gasteiger partial charge < -0.3 is 9.64 Å². The van der Waals surface area contributed by atoms with E-state index >= 15 is 0 Å². The molecule has 260 valence electrons. The summed E-state index contributed by atoms with van der Waals surface area (Å²) >= 11 is 0.228. The van der Waals surface area contributed by atoms with Crippen molar-refractivity contribution in [1.29, 1.82) is 0 Å². The number of carbonyl (C=O) groups excluding carboxylic acids is 2. The molecule has 0 bridgehead atoms. The van der Waals surface area contributed by atoms with Gasteiger partial charge in [-0.15, -0.1) is 0 Å². The second-order valence-corrected chi connectivity index (χ2v) is 14.1. The van der Waals surface area contributed by atoms with Gasteiger partial charge in [0.1, 0.15) is 16.2 Å². The summed E-state index contributed by atoms with van der Waals surface area (Å²) in [4.78, 5) is 26.9. The first kappa shape index (κ1) is 37.5. The normalized spacial score (nSPS) is 11.9. The van der Waals surface area contributed by atoms with Gasteiger partial charge in [0.05, 0.1) is 18.7 Å². The summed E-state index contributed by atoms with van der Waals surface area (Å²) in [6, 6.07) is 19.5. The number of hydrogen-bond acceptors (Lipinski definition) is 5. The van der Waals surface area contributed by atoms with Crippen molar-refractivity contribution in [1.82, 2.24) is 4.31 Å². The number of aryl methyl sites for hydroxylation is 1. The lowest BCUT2D eigenvalue weighted by Crippen LogP contribution is -2.38. The highest BCUT2D eigenvalue weighted by Crippen LogP contribution is 2.34. The second kappa shape index (κ2) is 15.1. The van der Waals surface area contributed by atoms with Gasteiger partial charge in [0.15, 0.2) is 23.3 Å². The van der Waals surface area contributed by atoms with Crippen LogP contribution in [0.25, 0.3) is 0 Å². The number of hydrogen-bond donors (Lipinski definition) is 0. The molecule has 49 heavy (non-hydrogen) atoms. The van der Waals surface area contributed by atoms with Gasteiger partial charge in [0, 0.05) is 12.2 Å². The molecule has 4 aromatic rings. The maximum atomic E-state index is 14.8. The summed E-state index contributed by atoms with van der Waals surface area (Å²) < 4.78 is 92.8. The molecule has 0 N–H and O–H groups in total. The van der Waals surface area contributed by atoms with Gasteiger partial charge in [-0.3, -0.25) is 4.79 Å². The summed E-state index contributed by atoms with van der Waals surface area (Å²) in [6.45, 7) is 9.16. The molecule has 4 rings (SSSR count). The first-order valence-corrected chi connectivity index (χ1v) is 16.0. The predicted octanol–water partition coefficient (Wildman–Crippen LogP) is 9.59. The Bertz CT molecular complexity index is 1770. The highest BCUT2D eigenvalue weighted by Gasteiger charge is 2.30. The highest BCUT2D eigenvalue weighted by molar-refractivity contribution is 7.97. The highest BCUT2D eigenvalue weighted by atomic mass is 32.2. The molecule has 5 nitrogen and oxygen atoms in total.